The monoisotopic (exact) mass is 312 g/mol. The topological polar surface area (TPSA) is 108 Å². The number of carbonyl (C=O) groups is 2. The van der Waals surface area contributed by atoms with E-state index in [1.54, 1.807) is 0 Å². The molecule has 1 aliphatic carbocycles. The van der Waals surface area contributed by atoms with E-state index < -0.39 is 11.9 Å². The lowest BCUT2D eigenvalue weighted by Crippen LogP contribution is -2.26. The Kier molecular flexibility index (Phi) is 8.03. The van der Waals surface area contributed by atoms with E-state index in [1.165, 1.54) is 7.11 Å². The van der Waals surface area contributed by atoms with Crippen LogP contribution in [0.25, 0.3) is 0 Å². The van der Waals surface area contributed by atoms with Crippen LogP contribution in [0.1, 0.15) is 44.9 Å². The number of aliphatic carboxylic acids is 2. The van der Waals surface area contributed by atoms with Gasteiger partial charge in [0.15, 0.2) is 5.76 Å². The molecule has 1 rings (SSSR count). The molecule has 0 aliphatic heterocycles. The SMILES string of the molecule is CO/C1=C(\NCC(=O)O)CCCCCCC\C1=N/CC(=O)O. The fourth-order valence-corrected chi connectivity index (χ4v) is 2.43. The highest BCUT2D eigenvalue weighted by atomic mass is 16.5. The first-order valence-electron chi connectivity index (χ1n) is 7.53. The van der Waals surface area contributed by atoms with E-state index >= 15 is 0 Å². The van der Waals surface area contributed by atoms with Crippen molar-refractivity contribution in [2.75, 3.05) is 20.2 Å². The van der Waals surface area contributed by atoms with Crippen molar-refractivity contribution in [1.82, 2.24) is 5.32 Å². The number of rotatable bonds is 6. The van der Waals surface area contributed by atoms with E-state index in [0.29, 0.717) is 30.0 Å². The third-order valence-electron chi connectivity index (χ3n) is 3.44. The van der Waals surface area contributed by atoms with Gasteiger partial charge in [-0.2, -0.15) is 0 Å². The highest BCUT2D eigenvalue weighted by molar-refractivity contribution is 5.99. The fourth-order valence-electron chi connectivity index (χ4n) is 2.43. The van der Waals surface area contributed by atoms with Crippen LogP contribution in [0.4, 0.5) is 0 Å². The van der Waals surface area contributed by atoms with Gasteiger partial charge in [0.1, 0.15) is 13.1 Å². The molecular formula is C15H24N2O5. The van der Waals surface area contributed by atoms with Gasteiger partial charge in [-0.25, -0.2) is 0 Å². The summed E-state index contributed by atoms with van der Waals surface area (Å²) in [6.07, 6.45) is 6.41. The maximum atomic E-state index is 10.8. The predicted octanol–water partition coefficient (Wildman–Crippen LogP) is 1.79. The van der Waals surface area contributed by atoms with Gasteiger partial charge in [-0.3, -0.25) is 14.6 Å². The van der Waals surface area contributed by atoms with Crippen molar-refractivity contribution in [2.45, 2.75) is 44.9 Å². The fraction of sp³-hybridized carbons (Fsp3) is 0.667. The zero-order chi connectivity index (χ0) is 16.4. The minimum absolute atomic E-state index is 0.200. The van der Waals surface area contributed by atoms with E-state index in [1.807, 2.05) is 0 Å². The summed E-state index contributed by atoms with van der Waals surface area (Å²) in [4.78, 5) is 25.7. The molecule has 7 heteroatoms. The van der Waals surface area contributed by atoms with E-state index in [2.05, 4.69) is 10.3 Å². The van der Waals surface area contributed by atoms with Crippen LogP contribution in [0.15, 0.2) is 16.4 Å². The van der Waals surface area contributed by atoms with Crippen LogP contribution in [-0.4, -0.2) is 48.1 Å². The molecule has 0 saturated carbocycles. The molecule has 0 bridgehead atoms. The number of carboxylic acid groups (broad SMARTS) is 2. The van der Waals surface area contributed by atoms with Gasteiger partial charge < -0.3 is 20.3 Å². The molecule has 3 N–H and O–H groups in total. The molecule has 0 amide bonds. The smallest absolute Gasteiger partial charge is 0.325 e. The van der Waals surface area contributed by atoms with Crippen molar-refractivity contribution in [3.8, 4) is 0 Å². The molecule has 0 aromatic carbocycles. The molecule has 0 fully saturated rings. The van der Waals surface area contributed by atoms with Crippen molar-refractivity contribution in [3.63, 3.8) is 0 Å². The summed E-state index contributed by atoms with van der Waals surface area (Å²) < 4.78 is 5.41. The van der Waals surface area contributed by atoms with E-state index in [4.69, 9.17) is 14.9 Å². The second kappa shape index (κ2) is 9.81. The molecule has 0 radical (unpaired) electrons. The summed E-state index contributed by atoms with van der Waals surface area (Å²) in [6, 6.07) is 0. The summed E-state index contributed by atoms with van der Waals surface area (Å²) in [5.74, 6) is -1.46. The Balaban J connectivity index is 3.06. The molecular weight excluding hydrogens is 288 g/mol. The van der Waals surface area contributed by atoms with Crippen LogP contribution in [0.3, 0.4) is 0 Å². The number of carboxylic acids is 2. The summed E-state index contributed by atoms with van der Waals surface area (Å²) >= 11 is 0. The summed E-state index contributed by atoms with van der Waals surface area (Å²) in [5.41, 5.74) is 1.29. The number of aliphatic imine (C=N–C) groups is 1. The number of nitrogens with zero attached hydrogens (tertiary/aromatic N) is 1. The number of hydrogen-bond acceptors (Lipinski definition) is 5. The van der Waals surface area contributed by atoms with E-state index in [9.17, 15) is 9.59 Å². The highest BCUT2D eigenvalue weighted by Gasteiger charge is 2.17. The Labute approximate surface area is 130 Å². The predicted molar refractivity (Wildman–Crippen MR) is 81.9 cm³/mol. The lowest BCUT2D eigenvalue weighted by molar-refractivity contribution is -0.136. The second-order valence-electron chi connectivity index (χ2n) is 5.18. The summed E-state index contributed by atoms with van der Waals surface area (Å²) in [7, 11) is 1.50. The Bertz CT molecular complexity index is 457. The van der Waals surface area contributed by atoms with Crippen molar-refractivity contribution < 1.29 is 24.5 Å². The van der Waals surface area contributed by atoms with Crippen LogP contribution >= 0.6 is 0 Å². The van der Waals surface area contributed by atoms with Crippen molar-refractivity contribution in [1.29, 1.82) is 0 Å². The Morgan fingerprint density at radius 3 is 2.32 bits per heavy atom. The van der Waals surface area contributed by atoms with Crippen LogP contribution in [-0.2, 0) is 14.3 Å². The van der Waals surface area contributed by atoms with E-state index in [-0.39, 0.29) is 13.1 Å². The third-order valence-corrected chi connectivity index (χ3v) is 3.44. The number of nitrogens with one attached hydrogen (secondary N) is 1. The Morgan fingerprint density at radius 2 is 1.73 bits per heavy atom. The molecule has 0 aromatic rings. The number of allylic oxidation sites excluding steroid dienone is 2. The van der Waals surface area contributed by atoms with Gasteiger partial charge in [0.25, 0.3) is 0 Å². The summed E-state index contributed by atoms with van der Waals surface area (Å²) in [6.45, 7) is -0.511. The average Bonchev–Trinajstić information content (AvgIpc) is 2.47. The largest absolute Gasteiger partial charge is 0.493 e. The summed E-state index contributed by atoms with van der Waals surface area (Å²) in [5, 5.41) is 20.5. The van der Waals surface area contributed by atoms with Crippen molar-refractivity contribution in [2.24, 2.45) is 4.99 Å². The zero-order valence-corrected chi connectivity index (χ0v) is 12.9. The quantitative estimate of drug-likeness (QED) is 0.690. The van der Waals surface area contributed by atoms with Gasteiger partial charge >= 0.3 is 11.9 Å². The first-order chi connectivity index (χ1) is 10.5. The van der Waals surface area contributed by atoms with Crippen LogP contribution in [0.5, 0.6) is 0 Å². The first-order valence-corrected chi connectivity index (χ1v) is 7.53. The zero-order valence-electron chi connectivity index (χ0n) is 12.9. The minimum Gasteiger partial charge on any atom is -0.493 e. The molecule has 0 unspecified atom stereocenters. The van der Waals surface area contributed by atoms with Crippen molar-refractivity contribution >= 4 is 17.7 Å². The third kappa shape index (κ3) is 6.60. The normalized spacial score (nSPS) is 22.1. The molecule has 124 valence electrons. The lowest BCUT2D eigenvalue weighted by Gasteiger charge is -2.19. The minimum atomic E-state index is -1.000. The highest BCUT2D eigenvalue weighted by Crippen LogP contribution is 2.20. The van der Waals surface area contributed by atoms with Gasteiger partial charge in [-0.05, 0) is 25.7 Å². The van der Waals surface area contributed by atoms with Gasteiger partial charge in [0, 0.05) is 0 Å². The molecule has 0 atom stereocenters. The maximum absolute atomic E-state index is 10.8. The molecule has 0 heterocycles. The van der Waals surface area contributed by atoms with Crippen LogP contribution in [0, 0.1) is 0 Å². The molecule has 0 spiro atoms. The lowest BCUT2D eigenvalue weighted by atomic mass is 10.0. The molecule has 0 aromatic heterocycles. The second-order valence-corrected chi connectivity index (χ2v) is 5.18. The first kappa shape index (κ1) is 18.0. The standard InChI is InChI=1S/C15H24N2O5/c1-22-15-11(16-9-13(18)19)7-5-3-2-4-6-8-12(15)17-10-14(20)21/h16H,2-10H2,1H3,(H,18,19)(H,20,21)/b15-11-,17-12+. The number of methoxy groups -OCH3 is 1. The van der Waals surface area contributed by atoms with Crippen molar-refractivity contribution in [3.05, 3.63) is 11.5 Å². The average molecular weight is 312 g/mol. The molecule has 0 saturated heterocycles. The van der Waals surface area contributed by atoms with Gasteiger partial charge in [-0.1, -0.05) is 19.3 Å². The van der Waals surface area contributed by atoms with E-state index in [0.717, 1.165) is 32.1 Å². The van der Waals surface area contributed by atoms with Gasteiger partial charge in [0.05, 0.1) is 18.5 Å². The van der Waals surface area contributed by atoms with Crippen LogP contribution in [0.2, 0.25) is 0 Å². The Morgan fingerprint density at radius 1 is 1.09 bits per heavy atom. The van der Waals surface area contributed by atoms with Crippen LogP contribution < -0.4 is 5.32 Å². The van der Waals surface area contributed by atoms with Gasteiger partial charge in [0.2, 0.25) is 0 Å². The molecule has 1 aliphatic rings. The van der Waals surface area contributed by atoms with Gasteiger partial charge in [-0.15, -0.1) is 0 Å². The Hall–Kier alpha value is -2.05. The molecule has 7 nitrogen and oxygen atoms in total. The maximum Gasteiger partial charge on any atom is 0.325 e. The number of ether oxygens (including phenoxy) is 1. The molecule has 22 heavy (non-hydrogen) atoms. The number of hydrogen-bond donors (Lipinski definition) is 3.